The van der Waals surface area contributed by atoms with Crippen LogP contribution in [0.3, 0.4) is 0 Å². The molecule has 0 bridgehead atoms. The first-order valence-corrected chi connectivity index (χ1v) is 4.31. The van der Waals surface area contributed by atoms with Crippen molar-refractivity contribution in [3.63, 3.8) is 0 Å². The summed E-state index contributed by atoms with van der Waals surface area (Å²) >= 11 is 0. The van der Waals surface area contributed by atoms with Crippen molar-refractivity contribution in [2.24, 2.45) is 0 Å². The highest BCUT2D eigenvalue weighted by molar-refractivity contribution is 4.94. The Bertz CT molecular complexity index is 192. The van der Waals surface area contributed by atoms with Gasteiger partial charge in [0.25, 0.3) is 0 Å². The number of nitrogens with one attached hydrogen (secondary N) is 1. The van der Waals surface area contributed by atoms with E-state index in [1.807, 2.05) is 0 Å². The van der Waals surface area contributed by atoms with Crippen LogP contribution >= 0.6 is 0 Å². The molecule has 1 N–H and O–H groups in total. The van der Waals surface area contributed by atoms with Gasteiger partial charge in [0.05, 0.1) is 6.61 Å². The van der Waals surface area contributed by atoms with Gasteiger partial charge in [-0.15, -0.1) is 11.8 Å². The van der Waals surface area contributed by atoms with Gasteiger partial charge < -0.3 is 10.1 Å². The van der Waals surface area contributed by atoms with Gasteiger partial charge in [-0.25, -0.2) is 0 Å². The van der Waals surface area contributed by atoms with Crippen molar-refractivity contribution in [2.75, 3.05) is 26.3 Å². The molecule has 0 aliphatic rings. The summed E-state index contributed by atoms with van der Waals surface area (Å²) in [7, 11) is 0. The summed E-state index contributed by atoms with van der Waals surface area (Å²) < 4.78 is 39.1. The molecule has 0 atom stereocenters. The van der Waals surface area contributed by atoms with Crippen molar-refractivity contribution < 1.29 is 17.9 Å². The number of halogens is 3. The summed E-state index contributed by atoms with van der Waals surface area (Å²) in [6.07, 6.45) is -3.52. The van der Waals surface area contributed by atoms with Crippen LogP contribution in [0.5, 0.6) is 0 Å². The predicted octanol–water partition coefficient (Wildman–Crippen LogP) is 1.57. The normalized spacial score (nSPS) is 10.9. The number of ether oxygens (including phenoxy) is 1. The van der Waals surface area contributed by atoms with Crippen LogP contribution in [0.2, 0.25) is 0 Å². The van der Waals surface area contributed by atoms with Gasteiger partial charge in [0.1, 0.15) is 6.61 Å². The van der Waals surface area contributed by atoms with Gasteiger partial charge in [-0.1, -0.05) is 0 Å². The molecule has 0 saturated carbocycles. The molecule has 0 fully saturated rings. The Hall–Kier alpha value is -0.730. The van der Waals surface area contributed by atoms with Crippen LogP contribution in [0.25, 0.3) is 0 Å². The van der Waals surface area contributed by atoms with Crippen molar-refractivity contribution in [3.8, 4) is 11.8 Å². The zero-order valence-corrected chi connectivity index (χ0v) is 8.08. The second kappa shape index (κ2) is 7.65. The van der Waals surface area contributed by atoms with Crippen LogP contribution in [0, 0.1) is 11.8 Å². The van der Waals surface area contributed by atoms with Crippen molar-refractivity contribution in [1.82, 2.24) is 5.32 Å². The second-order valence-electron chi connectivity index (χ2n) is 2.59. The summed E-state index contributed by atoms with van der Waals surface area (Å²) in [6, 6.07) is 0. The minimum atomic E-state index is -4.23. The van der Waals surface area contributed by atoms with E-state index in [0.717, 1.165) is 0 Å². The van der Waals surface area contributed by atoms with Crippen LogP contribution in [-0.2, 0) is 4.74 Å². The molecule has 0 aliphatic heterocycles. The molecule has 0 rings (SSSR count). The van der Waals surface area contributed by atoms with Crippen LogP contribution in [0.15, 0.2) is 0 Å². The van der Waals surface area contributed by atoms with Gasteiger partial charge in [0.15, 0.2) is 0 Å². The number of alkyl halides is 3. The standard InChI is InChI=1S/C9H14F3NO/c1-2-3-4-5-13-6-7-14-8-9(10,11)12/h13H,4-8H2,1H3. The fraction of sp³-hybridized carbons (Fsp3) is 0.778. The molecule has 0 heterocycles. The summed E-state index contributed by atoms with van der Waals surface area (Å²) in [5.74, 6) is 5.55. The average molecular weight is 209 g/mol. The van der Waals surface area contributed by atoms with E-state index in [0.29, 0.717) is 19.5 Å². The molecule has 2 nitrogen and oxygen atoms in total. The molecular formula is C9H14F3NO. The molecule has 0 radical (unpaired) electrons. The third-order valence-electron chi connectivity index (χ3n) is 1.29. The molecule has 0 aromatic carbocycles. The second-order valence-corrected chi connectivity index (χ2v) is 2.59. The topological polar surface area (TPSA) is 21.3 Å². The Morgan fingerprint density at radius 3 is 2.57 bits per heavy atom. The molecule has 0 aliphatic carbocycles. The Labute approximate surface area is 81.8 Å². The first-order chi connectivity index (χ1) is 6.56. The van der Waals surface area contributed by atoms with E-state index in [9.17, 15) is 13.2 Å². The molecule has 82 valence electrons. The number of rotatable bonds is 6. The first kappa shape index (κ1) is 13.3. The third-order valence-corrected chi connectivity index (χ3v) is 1.29. The Kier molecular flexibility index (Phi) is 7.25. The molecule has 0 saturated heterocycles. The lowest BCUT2D eigenvalue weighted by molar-refractivity contribution is -0.173. The highest BCUT2D eigenvalue weighted by Gasteiger charge is 2.26. The molecular weight excluding hydrogens is 195 g/mol. The van der Waals surface area contributed by atoms with E-state index in [1.54, 1.807) is 6.92 Å². The van der Waals surface area contributed by atoms with Gasteiger partial charge in [-0.05, 0) is 6.92 Å². The summed E-state index contributed by atoms with van der Waals surface area (Å²) in [5, 5.41) is 2.91. The zero-order valence-electron chi connectivity index (χ0n) is 8.08. The lowest BCUT2D eigenvalue weighted by atomic mass is 10.4. The van der Waals surface area contributed by atoms with E-state index >= 15 is 0 Å². The molecule has 0 amide bonds. The Balaban J connectivity index is 3.09. The Morgan fingerprint density at radius 2 is 2.00 bits per heavy atom. The number of hydrogen-bond acceptors (Lipinski definition) is 2. The predicted molar refractivity (Wildman–Crippen MR) is 47.8 cm³/mol. The minimum Gasteiger partial charge on any atom is -0.371 e. The van der Waals surface area contributed by atoms with Crippen molar-refractivity contribution in [3.05, 3.63) is 0 Å². The van der Waals surface area contributed by atoms with Crippen LogP contribution in [0.1, 0.15) is 13.3 Å². The fourth-order valence-corrected chi connectivity index (χ4v) is 0.733. The highest BCUT2D eigenvalue weighted by Crippen LogP contribution is 2.13. The quantitative estimate of drug-likeness (QED) is 0.529. The maximum atomic E-state index is 11.6. The summed E-state index contributed by atoms with van der Waals surface area (Å²) in [4.78, 5) is 0. The van der Waals surface area contributed by atoms with Gasteiger partial charge in [0.2, 0.25) is 0 Å². The molecule has 0 aromatic rings. The summed E-state index contributed by atoms with van der Waals surface area (Å²) in [6.45, 7) is 1.73. The largest absolute Gasteiger partial charge is 0.411 e. The van der Waals surface area contributed by atoms with Crippen molar-refractivity contribution in [2.45, 2.75) is 19.5 Å². The zero-order chi connectivity index (χ0) is 10.9. The molecule has 0 aromatic heterocycles. The SMILES string of the molecule is CC#CCCNCCOCC(F)(F)F. The van der Waals surface area contributed by atoms with Gasteiger partial charge in [-0.2, -0.15) is 13.2 Å². The van der Waals surface area contributed by atoms with Gasteiger partial charge in [0, 0.05) is 19.5 Å². The minimum absolute atomic E-state index is 0.0685. The van der Waals surface area contributed by atoms with Crippen molar-refractivity contribution >= 4 is 0 Å². The van der Waals surface area contributed by atoms with E-state index < -0.39 is 12.8 Å². The third kappa shape index (κ3) is 11.3. The van der Waals surface area contributed by atoms with Gasteiger partial charge >= 0.3 is 6.18 Å². The van der Waals surface area contributed by atoms with Crippen molar-refractivity contribution in [1.29, 1.82) is 0 Å². The maximum Gasteiger partial charge on any atom is 0.411 e. The summed E-state index contributed by atoms with van der Waals surface area (Å²) in [5.41, 5.74) is 0. The Morgan fingerprint density at radius 1 is 1.29 bits per heavy atom. The molecule has 5 heteroatoms. The van der Waals surface area contributed by atoms with Crippen LogP contribution < -0.4 is 5.32 Å². The van der Waals surface area contributed by atoms with Crippen LogP contribution in [-0.4, -0.2) is 32.5 Å². The number of hydrogen-bond donors (Lipinski definition) is 1. The van der Waals surface area contributed by atoms with E-state index in [1.165, 1.54) is 0 Å². The average Bonchev–Trinajstić information content (AvgIpc) is 2.08. The lowest BCUT2D eigenvalue weighted by Crippen LogP contribution is -2.24. The molecule has 0 unspecified atom stereocenters. The van der Waals surface area contributed by atoms with Crippen LogP contribution in [0.4, 0.5) is 13.2 Å². The smallest absolute Gasteiger partial charge is 0.371 e. The maximum absolute atomic E-state index is 11.6. The first-order valence-electron chi connectivity index (χ1n) is 4.31. The highest BCUT2D eigenvalue weighted by atomic mass is 19.4. The monoisotopic (exact) mass is 209 g/mol. The van der Waals surface area contributed by atoms with E-state index in [-0.39, 0.29) is 6.61 Å². The lowest BCUT2D eigenvalue weighted by Gasteiger charge is -2.07. The molecule has 0 spiro atoms. The van der Waals surface area contributed by atoms with E-state index in [4.69, 9.17) is 0 Å². The fourth-order valence-electron chi connectivity index (χ4n) is 0.733. The van der Waals surface area contributed by atoms with E-state index in [2.05, 4.69) is 21.9 Å². The molecule has 14 heavy (non-hydrogen) atoms. The van der Waals surface area contributed by atoms with Gasteiger partial charge in [-0.3, -0.25) is 0 Å².